The maximum atomic E-state index is 13.2. The lowest BCUT2D eigenvalue weighted by atomic mass is 10.1. The van der Waals surface area contributed by atoms with Gasteiger partial charge in [0, 0.05) is 32.7 Å². The molecule has 0 saturated carbocycles. The van der Waals surface area contributed by atoms with Crippen LogP contribution in [0.3, 0.4) is 0 Å². The molecular formula is C19H29FN4O2. The third-order valence-corrected chi connectivity index (χ3v) is 4.41. The Kier molecular flexibility index (Phi) is 8.18. The third-order valence-electron chi connectivity index (χ3n) is 4.41. The molecule has 1 aliphatic heterocycles. The SMILES string of the molecule is CCOC(=O)N1CCC(NC(=NC)NCCCc2cccc(F)c2)CC1. The quantitative estimate of drug-likeness (QED) is 0.463. The van der Waals surface area contributed by atoms with E-state index in [1.54, 1.807) is 24.1 Å². The zero-order valence-corrected chi connectivity index (χ0v) is 15.6. The Bertz CT molecular complexity index is 601. The van der Waals surface area contributed by atoms with Gasteiger partial charge in [0.15, 0.2) is 5.96 Å². The number of guanidine groups is 1. The molecule has 0 unspecified atom stereocenters. The molecule has 1 saturated heterocycles. The number of amides is 1. The van der Waals surface area contributed by atoms with Crippen LogP contribution in [0.4, 0.5) is 9.18 Å². The first-order chi connectivity index (χ1) is 12.6. The number of benzene rings is 1. The maximum absolute atomic E-state index is 13.2. The Balaban J connectivity index is 1.66. The Morgan fingerprint density at radius 1 is 1.38 bits per heavy atom. The predicted octanol–water partition coefficient (Wildman–Crippen LogP) is 2.54. The molecule has 7 heteroatoms. The van der Waals surface area contributed by atoms with Crippen molar-refractivity contribution in [3.8, 4) is 0 Å². The smallest absolute Gasteiger partial charge is 0.409 e. The Morgan fingerprint density at radius 3 is 2.81 bits per heavy atom. The second-order valence-electron chi connectivity index (χ2n) is 6.34. The fraction of sp³-hybridized carbons (Fsp3) is 0.579. The van der Waals surface area contributed by atoms with Crippen LogP contribution in [-0.4, -0.2) is 56.3 Å². The molecule has 1 heterocycles. The van der Waals surface area contributed by atoms with Gasteiger partial charge < -0.3 is 20.3 Å². The van der Waals surface area contributed by atoms with E-state index < -0.39 is 0 Å². The molecule has 0 aromatic heterocycles. The van der Waals surface area contributed by atoms with Gasteiger partial charge in [-0.05, 0) is 50.3 Å². The van der Waals surface area contributed by atoms with Crippen molar-refractivity contribution in [1.82, 2.24) is 15.5 Å². The van der Waals surface area contributed by atoms with Crippen LogP contribution in [0.15, 0.2) is 29.3 Å². The number of halogens is 1. The van der Waals surface area contributed by atoms with E-state index >= 15 is 0 Å². The summed E-state index contributed by atoms with van der Waals surface area (Å²) in [5, 5.41) is 6.70. The van der Waals surface area contributed by atoms with Gasteiger partial charge in [0.1, 0.15) is 5.82 Å². The van der Waals surface area contributed by atoms with Gasteiger partial charge in [0.05, 0.1) is 6.61 Å². The molecule has 1 fully saturated rings. The number of likely N-dealkylation sites (tertiary alicyclic amines) is 1. The molecule has 0 aliphatic carbocycles. The number of aliphatic imine (C=N–C) groups is 1. The second kappa shape index (κ2) is 10.6. The van der Waals surface area contributed by atoms with Crippen molar-refractivity contribution in [1.29, 1.82) is 0 Å². The van der Waals surface area contributed by atoms with Gasteiger partial charge >= 0.3 is 6.09 Å². The molecule has 6 nitrogen and oxygen atoms in total. The van der Waals surface area contributed by atoms with E-state index in [1.165, 1.54) is 6.07 Å². The number of nitrogens with zero attached hydrogens (tertiary/aromatic N) is 2. The van der Waals surface area contributed by atoms with E-state index in [0.717, 1.165) is 43.8 Å². The molecule has 1 aromatic carbocycles. The van der Waals surface area contributed by atoms with Gasteiger partial charge in [0.2, 0.25) is 0 Å². The molecule has 144 valence electrons. The maximum Gasteiger partial charge on any atom is 0.409 e. The minimum absolute atomic E-state index is 0.193. The lowest BCUT2D eigenvalue weighted by Gasteiger charge is -2.32. The van der Waals surface area contributed by atoms with Gasteiger partial charge in [-0.1, -0.05) is 12.1 Å². The largest absolute Gasteiger partial charge is 0.450 e. The van der Waals surface area contributed by atoms with E-state index in [1.807, 2.05) is 13.0 Å². The number of ether oxygens (including phenoxy) is 1. The van der Waals surface area contributed by atoms with Gasteiger partial charge in [-0.25, -0.2) is 9.18 Å². The van der Waals surface area contributed by atoms with E-state index in [2.05, 4.69) is 15.6 Å². The van der Waals surface area contributed by atoms with Crippen LogP contribution in [0.25, 0.3) is 0 Å². The van der Waals surface area contributed by atoms with Crippen molar-refractivity contribution in [2.45, 2.75) is 38.6 Å². The third kappa shape index (κ3) is 6.54. The number of aryl methyl sites for hydroxylation is 1. The van der Waals surface area contributed by atoms with Crippen molar-refractivity contribution in [3.05, 3.63) is 35.6 Å². The molecular weight excluding hydrogens is 335 g/mol. The Labute approximate surface area is 154 Å². The topological polar surface area (TPSA) is 66.0 Å². The first-order valence-corrected chi connectivity index (χ1v) is 9.25. The highest BCUT2D eigenvalue weighted by Crippen LogP contribution is 2.11. The number of carbonyl (C=O) groups excluding carboxylic acids is 1. The molecule has 2 N–H and O–H groups in total. The van der Waals surface area contributed by atoms with Crippen molar-refractivity contribution in [3.63, 3.8) is 0 Å². The monoisotopic (exact) mass is 364 g/mol. The zero-order valence-electron chi connectivity index (χ0n) is 15.6. The summed E-state index contributed by atoms with van der Waals surface area (Å²) in [6.07, 6.45) is 3.21. The van der Waals surface area contributed by atoms with Crippen molar-refractivity contribution in [2.75, 3.05) is 33.3 Å². The van der Waals surface area contributed by atoms with Crippen molar-refractivity contribution >= 4 is 12.1 Å². The van der Waals surface area contributed by atoms with Crippen molar-refractivity contribution in [2.24, 2.45) is 4.99 Å². The number of hydrogen-bond acceptors (Lipinski definition) is 3. The van der Waals surface area contributed by atoms with Gasteiger partial charge in [0.25, 0.3) is 0 Å². The first kappa shape index (κ1) is 20.0. The number of nitrogens with one attached hydrogen (secondary N) is 2. The summed E-state index contributed by atoms with van der Waals surface area (Å²) < 4.78 is 18.2. The van der Waals surface area contributed by atoms with E-state index in [-0.39, 0.29) is 18.0 Å². The lowest BCUT2D eigenvalue weighted by molar-refractivity contribution is 0.0963. The van der Waals surface area contributed by atoms with Crippen LogP contribution in [0.2, 0.25) is 0 Å². The van der Waals surface area contributed by atoms with Gasteiger partial charge in [-0.3, -0.25) is 4.99 Å². The van der Waals surface area contributed by atoms with Crippen LogP contribution >= 0.6 is 0 Å². The highest BCUT2D eigenvalue weighted by atomic mass is 19.1. The minimum Gasteiger partial charge on any atom is -0.450 e. The highest BCUT2D eigenvalue weighted by Gasteiger charge is 2.23. The molecule has 0 atom stereocenters. The number of hydrogen-bond donors (Lipinski definition) is 2. The van der Waals surface area contributed by atoms with Crippen LogP contribution < -0.4 is 10.6 Å². The van der Waals surface area contributed by atoms with Crippen LogP contribution in [0.1, 0.15) is 31.7 Å². The predicted molar refractivity (Wildman–Crippen MR) is 101 cm³/mol. The summed E-state index contributed by atoms with van der Waals surface area (Å²) >= 11 is 0. The summed E-state index contributed by atoms with van der Waals surface area (Å²) in [5.74, 6) is 0.570. The van der Waals surface area contributed by atoms with Crippen LogP contribution in [0.5, 0.6) is 0 Å². The molecule has 0 radical (unpaired) electrons. The van der Waals surface area contributed by atoms with Crippen LogP contribution in [-0.2, 0) is 11.2 Å². The molecule has 1 aliphatic rings. The Hall–Kier alpha value is -2.31. The number of rotatable bonds is 6. The van der Waals surface area contributed by atoms with Gasteiger partial charge in [-0.15, -0.1) is 0 Å². The first-order valence-electron chi connectivity index (χ1n) is 9.25. The fourth-order valence-corrected chi connectivity index (χ4v) is 3.00. The average molecular weight is 364 g/mol. The molecule has 0 spiro atoms. The summed E-state index contributed by atoms with van der Waals surface area (Å²) in [4.78, 5) is 17.7. The molecule has 1 amide bonds. The molecule has 0 bridgehead atoms. The summed E-state index contributed by atoms with van der Waals surface area (Å²) in [6.45, 7) is 4.36. The zero-order chi connectivity index (χ0) is 18.8. The molecule has 26 heavy (non-hydrogen) atoms. The normalized spacial score (nSPS) is 15.7. The fourth-order valence-electron chi connectivity index (χ4n) is 3.00. The average Bonchev–Trinajstić information content (AvgIpc) is 2.65. The number of piperidine rings is 1. The van der Waals surface area contributed by atoms with Crippen LogP contribution in [0, 0.1) is 5.82 Å². The van der Waals surface area contributed by atoms with E-state index in [9.17, 15) is 9.18 Å². The summed E-state index contributed by atoms with van der Waals surface area (Å²) in [6, 6.07) is 7.00. The van der Waals surface area contributed by atoms with E-state index in [4.69, 9.17) is 4.74 Å². The van der Waals surface area contributed by atoms with Crippen molar-refractivity contribution < 1.29 is 13.9 Å². The summed E-state index contributed by atoms with van der Waals surface area (Å²) in [5.41, 5.74) is 1.00. The Morgan fingerprint density at radius 2 is 2.15 bits per heavy atom. The molecule has 2 rings (SSSR count). The lowest BCUT2D eigenvalue weighted by Crippen LogP contribution is -2.50. The minimum atomic E-state index is -0.231. The highest BCUT2D eigenvalue weighted by molar-refractivity contribution is 5.80. The standard InChI is InChI=1S/C19H29FN4O2/c1-3-26-19(25)24-12-9-17(10-13-24)23-18(21-2)22-11-5-7-15-6-4-8-16(20)14-15/h4,6,8,14,17H,3,5,7,9-13H2,1-2H3,(H2,21,22,23). The van der Waals surface area contributed by atoms with E-state index in [0.29, 0.717) is 19.7 Å². The van der Waals surface area contributed by atoms with Gasteiger partial charge in [-0.2, -0.15) is 0 Å². The molecule has 1 aromatic rings. The summed E-state index contributed by atoms with van der Waals surface area (Å²) in [7, 11) is 1.75. The number of carbonyl (C=O) groups is 1. The second-order valence-corrected chi connectivity index (χ2v) is 6.34.